The van der Waals surface area contributed by atoms with E-state index in [1.807, 2.05) is 6.07 Å². The average Bonchev–Trinajstić information content (AvgIpc) is 2.90. The highest BCUT2D eigenvalue weighted by Crippen LogP contribution is 2.29. The Morgan fingerprint density at radius 3 is 2.37 bits per heavy atom. The van der Waals surface area contributed by atoms with Crippen LogP contribution in [0.3, 0.4) is 0 Å². The molecule has 5 nitrogen and oxygen atoms in total. The van der Waals surface area contributed by atoms with E-state index in [1.165, 1.54) is 28.2 Å². The van der Waals surface area contributed by atoms with Crippen molar-refractivity contribution < 1.29 is 13.2 Å². The largest absolute Gasteiger partial charge is 0.276 e. The summed E-state index contributed by atoms with van der Waals surface area (Å²) in [4.78, 5) is 16.5. The van der Waals surface area contributed by atoms with Crippen LogP contribution < -0.4 is 10.3 Å². The summed E-state index contributed by atoms with van der Waals surface area (Å²) in [5.41, 5.74) is 4.56. The van der Waals surface area contributed by atoms with E-state index in [1.54, 1.807) is 24.3 Å². The first-order chi connectivity index (χ1) is 12.7. The molecule has 1 aromatic carbocycles. The summed E-state index contributed by atoms with van der Waals surface area (Å²) in [6.07, 6.45) is 5.49. The van der Waals surface area contributed by atoms with Crippen LogP contribution >= 0.6 is 11.3 Å². The van der Waals surface area contributed by atoms with Crippen molar-refractivity contribution in [2.75, 3.05) is 0 Å². The lowest BCUT2D eigenvalue weighted by Crippen LogP contribution is -2.41. The lowest BCUT2D eigenvalue weighted by molar-refractivity contribution is 0.0949. The normalized spacial score (nSPS) is 15.1. The molecule has 0 atom stereocenters. The third kappa shape index (κ3) is 4.78. The number of thiophene rings is 1. The molecule has 0 spiro atoms. The quantitative estimate of drug-likeness (QED) is 0.596. The van der Waals surface area contributed by atoms with Crippen LogP contribution in [0.5, 0.6) is 0 Å². The van der Waals surface area contributed by atoms with Gasteiger partial charge in [0.2, 0.25) is 0 Å². The van der Waals surface area contributed by atoms with Crippen LogP contribution in [0.4, 0.5) is 0 Å². The van der Waals surface area contributed by atoms with Crippen molar-refractivity contribution in [3.8, 4) is 0 Å². The molecule has 1 aromatic heterocycles. The predicted octanol–water partition coefficient (Wildman–Crippen LogP) is 3.94. The van der Waals surface area contributed by atoms with Gasteiger partial charge in [-0.05, 0) is 60.4 Å². The highest BCUT2D eigenvalue weighted by molar-refractivity contribution is 7.89. The Bertz CT molecular complexity index is 900. The topological polar surface area (TPSA) is 75.3 Å². The van der Waals surface area contributed by atoms with Gasteiger partial charge in [-0.25, -0.2) is 8.42 Å². The number of carbonyl (C=O) groups is 1. The second-order valence-corrected chi connectivity index (χ2v) is 10.8. The number of hydrogen-bond donors (Lipinski definition) is 2. The number of carbonyl (C=O) groups excluding carboxylic acids is 1. The van der Waals surface area contributed by atoms with Crippen LogP contribution in [-0.2, 0) is 28.3 Å². The van der Waals surface area contributed by atoms with Crippen LogP contribution in [0.15, 0.2) is 35.2 Å². The van der Waals surface area contributed by atoms with Crippen molar-refractivity contribution in [1.29, 1.82) is 0 Å². The number of hydrogen-bond acceptors (Lipinski definition) is 4. The summed E-state index contributed by atoms with van der Waals surface area (Å²) >= 11 is 1.46. The molecule has 3 rings (SSSR count). The molecule has 0 saturated carbocycles. The maximum Gasteiger partial charge on any atom is 0.276 e. The van der Waals surface area contributed by atoms with Gasteiger partial charge in [0.15, 0.2) is 0 Å². The minimum absolute atomic E-state index is 0.0545. The molecule has 1 heterocycles. The standard InChI is InChI=1S/C20H26N2O3S2/c1-20(2,3)15-9-11-16(12-10-15)27(24,25)22-21-19(23)18-13-14-7-5-4-6-8-17(14)26-18/h9-13,22H,4-8H2,1-3H3,(H,21,23). The van der Waals surface area contributed by atoms with E-state index in [2.05, 4.69) is 31.0 Å². The molecular formula is C20H26N2O3S2. The van der Waals surface area contributed by atoms with Crippen molar-refractivity contribution in [3.05, 3.63) is 51.2 Å². The molecular weight excluding hydrogens is 380 g/mol. The van der Waals surface area contributed by atoms with Crippen LogP contribution in [0.25, 0.3) is 0 Å². The van der Waals surface area contributed by atoms with Gasteiger partial charge in [-0.3, -0.25) is 10.2 Å². The molecule has 0 fully saturated rings. The fourth-order valence-electron chi connectivity index (χ4n) is 3.15. The molecule has 1 aliphatic rings. The summed E-state index contributed by atoms with van der Waals surface area (Å²) in [6.45, 7) is 6.20. The highest BCUT2D eigenvalue weighted by Gasteiger charge is 2.20. The maximum absolute atomic E-state index is 12.4. The minimum Gasteiger partial charge on any atom is -0.273 e. The number of nitrogens with one attached hydrogen (secondary N) is 2. The molecule has 0 bridgehead atoms. The molecule has 0 aliphatic heterocycles. The molecule has 146 valence electrons. The van der Waals surface area contributed by atoms with Crippen molar-refractivity contribution in [3.63, 3.8) is 0 Å². The first kappa shape index (κ1) is 20.0. The number of benzene rings is 1. The van der Waals surface area contributed by atoms with Gasteiger partial charge in [-0.15, -0.1) is 16.2 Å². The van der Waals surface area contributed by atoms with Gasteiger partial charge >= 0.3 is 0 Å². The van der Waals surface area contributed by atoms with Gasteiger partial charge in [0, 0.05) is 4.88 Å². The lowest BCUT2D eigenvalue weighted by atomic mass is 9.87. The number of hydrazine groups is 1. The fourth-order valence-corrected chi connectivity index (χ4v) is 5.14. The van der Waals surface area contributed by atoms with E-state index in [-0.39, 0.29) is 10.3 Å². The molecule has 1 amide bonds. The Balaban J connectivity index is 1.67. The SMILES string of the molecule is CC(C)(C)c1ccc(S(=O)(=O)NNC(=O)c2cc3c(s2)CCCCC3)cc1. The van der Waals surface area contributed by atoms with Crippen LogP contribution in [0.2, 0.25) is 0 Å². The molecule has 27 heavy (non-hydrogen) atoms. The lowest BCUT2D eigenvalue weighted by Gasteiger charge is -2.19. The first-order valence-corrected chi connectivity index (χ1v) is 11.5. The van der Waals surface area contributed by atoms with Crippen molar-refractivity contribution in [1.82, 2.24) is 10.3 Å². The Morgan fingerprint density at radius 1 is 1.04 bits per heavy atom. The maximum atomic E-state index is 12.4. The summed E-state index contributed by atoms with van der Waals surface area (Å²) < 4.78 is 24.9. The third-order valence-electron chi connectivity index (χ3n) is 4.80. The van der Waals surface area contributed by atoms with E-state index in [0.717, 1.165) is 31.2 Å². The molecule has 2 N–H and O–H groups in total. The van der Waals surface area contributed by atoms with Crippen molar-refractivity contribution >= 4 is 27.3 Å². The van der Waals surface area contributed by atoms with Gasteiger partial charge in [0.1, 0.15) is 0 Å². The summed E-state index contributed by atoms with van der Waals surface area (Å²) in [5.74, 6) is -0.414. The molecule has 0 radical (unpaired) electrons. The van der Waals surface area contributed by atoms with E-state index >= 15 is 0 Å². The van der Waals surface area contributed by atoms with Crippen LogP contribution in [-0.4, -0.2) is 14.3 Å². The van der Waals surface area contributed by atoms with Crippen molar-refractivity contribution in [2.45, 2.75) is 63.2 Å². The molecule has 1 aliphatic carbocycles. The first-order valence-electron chi connectivity index (χ1n) is 9.21. The number of aryl methyl sites for hydroxylation is 2. The van der Waals surface area contributed by atoms with Crippen molar-refractivity contribution in [2.24, 2.45) is 0 Å². The number of amides is 1. The van der Waals surface area contributed by atoms with Crippen LogP contribution in [0.1, 0.15) is 65.7 Å². The van der Waals surface area contributed by atoms with Gasteiger partial charge in [-0.1, -0.05) is 39.3 Å². The van der Waals surface area contributed by atoms with Crippen LogP contribution in [0, 0.1) is 0 Å². The predicted molar refractivity (Wildman–Crippen MR) is 109 cm³/mol. The Kier molecular flexibility index (Phi) is 5.74. The minimum atomic E-state index is -3.81. The Labute approximate surface area is 165 Å². The number of rotatable bonds is 4. The van der Waals surface area contributed by atoms with Gasteiger partial charge in [0.25, 0.3) is 15.9 Å². The van der Waals surface area contributed by atoms with Gasteiger partial charge in [0.05, 0.1) is 9.77 Å². The van der Waals surface area contributed by atoms with Gasteiger partial charge < -0.3 is 0 Å². The Morgan fingerprint density at radius 2 is 1.70 bits per heavy atom. The molecule has 0 saturated heterocycles. The molecule has 7 heteroatoms. The molecule has 0 unspecified atom stereocenters. The van der Waals surface area contributed by atoms with E-state index in [4.69, 9.17) is 0 Å². The zero-order chi connectivity index (χ0) is 19.7. The zero-order valence-electron chi connectivity index (χ0n) is 16.0. The monoisotopic (exact) mass is 406 g/mol. The van der Waals surface area contributed by atoms with E-state index in [0.29, 0.717) is 4.88 Å². The number of fused-ring (bicyclic) bond motifs is 1. The number of sulfonamides is 1. The third-order valence-corrected chi connectivity index (χ3v) is 7.30. The van der Waals surface area contributed by atoms with Gasteiger partial charge in [-0.2, -0.15) is 0 Å². The summed E-state index contributed by atoms with van der Waals surface area (Å²) in [7, 11) is -3.81. The van der Waals surface area contributed by atoms with E-state index in [9.17, 15) is 13.2 Å². The smallest absolute Gasteiger partial charge is 0.273 e. The zero-order valence-corrected chi connectivity index (χ0v) is 17.6. The Hall–Kier alpha value is -1.70. The summed E-state index contributed by atoms with van der Waals surface area (Å²) in [6, 6.07) is 8.61. The second kappa shape index (κ2) is 7.73. The van der Waals surface area contributed by atoms with E-state index < -0.39 is 15.9 Å². The molecule has 2 aromatic rings. The highest BCUT2D eigenvalue weighted by atomic mass is 32.2. The average molecular weight is 407 g/mol. The summed E-state index contributed by atoms with van der Waals surface area (Å²) in [5, 5.41) is 0. The second-order valence-electron chi connectivity index (χ2n) is 7.95. The fraction of sp³-hybridized carbons (Fsp3) is 0.450.